The van der Waals surface area contributed by atoms with Crippen LogP contribution >= 0.6 is 0 Å². The Hall–Kier alpha value is -2.76. The third-order valence-electron chi connectivity index (χ3n) is 2.96. The van der Waals surface area contributed by atoms with E-state index >= 15 is 0 Å². The first-order chi connectivity index (χ1) is 10.1. The van der Waals surface area contributed by atoms with Gasteiger partial charge in [0.15, 0.2) is 0 Å². The maximum Gasteiger partial charge on any atom is 0.270 e. The van der Waals surface area contributed by atoms with Gasteiger partial charge in [0.05, 0.1) is 4.92 Å². The maximum atomic E-state index is 13.4. The zero-order valence-corrected chi connectivity index (χ0v) is 11.1. The van der Waals surface area contributed by atoms with Crippen molar-refractivity contribution in [3.8, 4) is 0 Å². The summed E-state index contributed by atoms with van der Waals surface area (Å²) < 4.78 is 13.4. The highest BCUT2D eigenvalue weighted by Crippen LogP contribution is 2.13. The number of benzene rings is 2. The molecule has 0 atom stereocenters. The Kier molecular flexibility index (Phi) is 4.61. The van der Waals surface area contributed by atoms with Gasteiger partial charge in [-0.05, 0) is 24.1 Å². The molecular weight excluding hydrogens is 275 g/mol. The van der Waals surface area contributed by atoms with Crippen LogP contribution in [-0.4, -0.2) is 17.4 Å². The number of amides is 1. The zero-order chi connectivity index (χ0) is 15.2. The van der Waals surface area contributed by atoms with E-state index in [1.807, 2.05) is 0 Å². The summed E-state index contributed by atoms with van der Waals surface area (Å²) in [5, 5.41) is 13.3. The molecule has 108 valence electrons. The number of carbonyl (C=O) groups excluding carboxylic acids is 1. The third kappa shape index (κ3) is 3.85. The molecular formula is C15H13FN2O3. The van der Waals surface area contributed by atoms with Crippen molar-refractivity contribution >= 4 is 11.6 Å². The molecule has 5 nitrogen and oxygen atoms in total. The summed E-state index contributed by atoms with van der Waals surface area (Å²) in [6, 6.07) is 11.8. The average molecular weight is 288 g/mol. The van der Waals surface area contributed by atoms with Gasteiger partial charge in [0.2, 0.25) is 0 Å². The van der Waals surface area contributed by atoms with Gasteiger partial charge in [0.1, 0.15) is 5.82 Å². The van der Waals surface area contributed by atoms with Crippen molar-refractivity contribution in [2.24, 2.45) is 0 Å². The molecule has 2 aromatic rings. The number of nitro benzene ring substituents is 1. The molecule has 0 radical (unpaired) electrons. The van der Waals surface area contributed by atoms with Gasteiger partial charge >= 0.3 is 0 Å². The molecule has 0 unspecified atom stereocenters. The summed E-state index contributed by atoms with van der Waals surface area (Å²) in [5.41, 5.74) is 0.575. The largest absolute Gasteiger partial charge is 0.352 e. The Morgan fingerprint density at radius 3 is 2.67 bits per heavy atom. The lowest BCUT2D eigenvalue weighted by molar-refractivity contribution is -0.384. The van der Waals surface area contributed by atoms with Crippen LogP contribution in [0.15, 0.2) is 48.5 Å². The number of non-ortho nitro benzene ring substituents is 1. The number of hydrogen-bond acceptors (Lipinski definition) is 3. The highest BCUT2D eigenvalue weighted by molar-refractivity contribution is 5.94. The Balaban J connectivity index is 1.95. The van der Waals surface area contributed by atoms with Crippen LogP contribution < -0.4 is 5.32 Å². The monoisotopic (exact) mass is 288 g/mol. The first-order valence-corrected chi connectivity index (χ1v) is 6.34. The first kappa shape index (κ1) is 14.6. The molecule has 0 aliphatic carbocycles. The number of nitrogens with one attached hydrogen (secondary N) is 1. The SMILES string of the molecule is O=C(NCCc1ccccc1F)c1cccc([N+](=O)[O-])c1. The van der Waals surface area contributed by atoms with E-state index in [4.69, 9.17) is 0 Å². The number of carbonyl (C=O) groups is 1. The minimum absolute atomic E-state index is 0.142. The summed E-state index contributed by atoms with van der Waals surface area (Å²) in [6.07, 6.45) is 0.355. The normalized spacial score (nSPS) is 10.1. The average Bonchev–Trinajstić information content (AvgIpc) is 2.49. The van der Waals surface area contributed by atoms with Crippen molar-refractivity contribution < 1.29 is 14.1 Å². The number of hydrogen-bond donors (Lipinski definition) is 1. The van der Waals surface area contributed by atoms with Crippen molar-refractivity contribution in [3.05, 3.63) is 75.6 Å². The van der Waals surface area contributed by atoms with Crippen LogP contribution in [0.2, 0.25) is 0 Å². The minimum Gasteiger partial charge on any atom is -0.352 e. The van der Waals surface area contributed by atoms with E-state index in [-0.39, 0.29) is 23.6 Å². The lowest BCUT2D eigenvalue weighted by Crippen LogP contribution is -2.25. The topological polar surface area (TPSA) is 72.2 Å². The number of rotatable bonds is 5. The summed E-state index contributed by atoms with van der Waals surface area (Å²) in [6.45, 7) is 0.252. The van der Waals surface area contributed by atoms with Gasteiger partial charge in [-0.25, -0.2) is 4.39 Å². The van der Waals surface area contributed by atoms with Crippen molar-refractivity contribution in [1.29, 1.82) is 0 Å². The highest BCUT2D eigenvalue weighted by Gasteiger charge is 2.11. The van der Waals surface area contributed by atoms with E-state index in [9.17, 15) is 19.3 Å². The Morgan fingerprint density at radius 1 is 1.19 bits per heavy atom. The van der Waals surface area contributed by atoms with Crippen LogP contribution in [0.25, 0.3) is 0 Å². The standard InChI is InChI=1S/C15H13FN2O3/c16-14-7-2-1-4-11(14)8-9-17-15(19)12-5-3-6-13(10-12)18(20)21/h1-7,10H,8-9H2,(H,17,19). The molecule has 0 fully saturated rings. The molecule has 1 N–H and O–H groups in total. The molecule has 0 heterocycles. The molecule has 0 saturated heterocycles. The van der Waals surface area contributed by atoms with Crippen LogP contribution in [0.3, 0.4) is 0 Å². The smallest absolute Gasteiger partial charge is 0.270 e. The van der Waals surface area contributed by atoms with Gasteiger partial charge in [0, 0.05) is 24.2 Å². The summed E-state index contributed by atoms with van der Waals surface area (Å²) in [5.74, 6) is -0.739. The predicted octanol–water partition coefficient (Wildman–Crippen LogP) is 2.71. The van der Waals surface area contributed by atoms with E-state index in [1.165, 1.54) is 30.3 Å². The molecule has 1 amide bonds. The molecule has 0 aliphatic rings. The summed E-state index contributed by atoms with van der Waals surface area (Å²) in [7, 11) is 0. The predicted molar refractivity (Wildman–Crippen MR) is 75.5 cm³/mol. The van der Waals surface area contributed by atoms with Crippen LogP contribution in [0.4, 0.5) is 10.1 Å². The van der Waals surface area contributed by atoms with Gasteiger partial charge in [-0.15, -0.1) is 0 Å². The summed E-state index contributed by atoms with van der Waals surface area (Å²) in [4.78, 5) is 22.0. The van der Waals surface area contributed by atoms with Gasteiger partial charge in [-0.3, -0.25) is 14.9 Å². The lowest BCUT2D eigenvalue weighted by atomic mass is 10.1. The molecule has 0 bridgehead atoms. The van der Waals surface area contributed by atoms with Crippen LogP contribution in [0.1, 0.15) is 15.9 Å². The fraction of sp³-hybridized carbons (Fsp3) is 0.133. The van der Waals surface area contributed by atoms with E-state index in [1.54, 1.807) is 18.2 Å². The molecule has 0 saturated carbocycles. The van der Waals surface area contributed by atoms with E-state index in [2.05, 4.69) is 5.32 Å². The molecule has 2 aromatic carbocycles. The number of halogens is 1. The molecule has 2 rings (SSSR count). The van der Waals surface area contributed by atoms with Crippen molar-refractivity contribution in [2.75, 3.05) is 6.54 Å². The van der Waals surface area contributed by atoms with Crippen molar-refractivity contribution in [1.82, 2.24) is 5.32 Å². The fourth-order valence-electron chi connectivity index (χ4n) is 1.87. The second kappa shape index (κ2) is 6.60. The molecule has 0 aliphatic heterocycles. The van der Waals surface area contributed by atoms with Gasteiger partial charge in [-0.1, -0.05) is 24.3 Å². The lowest BCUT2D eigenvalue weighted by Gasteiger charge is -2.06. The molecule has 21 heavy (non-hydrogen) atoms. The van der Waals surface area contributed by atoms with E-state index < -0.39 is 10.8 Å². The van der Waals surface area contributed by atoms with E-state index in [0.717, 1.165) is 0 Å². The quantitative estimate of drug-likeness (QED) is 0.679. The van der Waals surface area contributed by atoms with Crippen LogP contribution in [0.5, 0.6) is 0 Å². The Bertz CT molecular complexity index is 673. The van der Waals surface area contributed by atoms with E-state index in [0.29, 0.717) is 12.0 Å². The Labute approximate surface area is 120 Å². The van der Waals surface area contributed by atoms with Crippen LogP contribution in [-0.2, 0) is 6.42 Å². The molecule has 0 aromatic heterocycles. The van der Waals surface area contributed by atoms with Gasteiger partial charge in [0.25, 0.3) is 11.6 Å². The minimum atomic E-state index is -0.559. The second-order valence-corrected chi connectivity index (χ2v) is 4.40. The zero-order valence-electron chi connectivity index (χ0n) is 11.1. The number of nitro groups is 1. The van der Waals surface area contributed by atoms with Crippen molar-refractivity contribution in [3.63, 3.8) is 0 Å². The second-order valence-electron chi connectivity index (χ2n) is 4.40. The third-order valence-corrected chi connectivity index (χ3v) is 2.96. The molecule has 0 spiro atoms. The first-order valence-electron chi connectivity index (χ1n) is 6.34. The summed E-state index contributed by atoms with van der Waals surface area (Å²) >= 11 is 0. The van der Waals surface area contributed by atoms with Gasteiger partial charge < -0.3 is 5.32 Å². The van der Waals surface area contributed by atoms with Gasteiger partial charge in [-0.2, -0.15) is 0 Å². The van der Waals surface area contributed by atoms with Crippen LogP contribution in [0, 0.1) is 15.9 Å². The Morgan fingerprint density at radius 2 is 1.95 bits per heavy atom. The molecule has 6 heteroatoms. The fourth-order valence-corrected chi connectivity index (χ4v) is 1.87. The van der Waals surface area contributed by atoms with Crippen molar-refractivity contribution in [2.45, 2.75) is 6.42 Å². The highest BCUT2D eigenvalue weighted by atomic mass is 19.1. The maximum absolute atomic E-state index is 13.4. The number of nitrogens with zero attached hydrogens (tertiary/aromatic N) is 1.